The van der Waals surface area contributed by atoms with E-state index in [0.717, 1.165) is 24.9 Å². The Morgan fingerprint density at radius 1 is 1.37 bits per heavy atom. The third kappa shape index (κ3) is 3.11. The molecule has 2 heterocycles. The Hall–Kier alpha value is -1.89. The first kappa shape index (κ1) is 13.5. The molecule has 0 saturated carbocycles. The fourth-order valence-corrected chi connectivity index (χ4v) is 1.72. The summed E-state index contributed by atoms with van der Waals surface area (Å²) in [5.74, 6) is 1.22. The van der Waals surface area contributed by atoms with Crippen LogP contribution < -0.4 is 10.6 Å². The molecule has 0 bridgehead atoms. The van der Waals surface area contributed by atoms with Gasteiger partial charge < -0.3 is 20.7 Å². The lowest BCUT2D eigenvalue weighted by molar-refractivity contribution is 0.271. The molecule has 1 unspecified atom stereocenters. The summed E-state index contributed by atoms with van der Waals surface area (Å²) < 4.78 is 0. The molecular weight excluding hydrogens is 244 g/mol. The van der Waals surface area contributed by atoms with E-state index in [1.165, 1.54) is 0 Å². The Morgan fingerprint density at radius 3 is 2.89 bits per heavy atom. The maximum Gasteiger partial charge on any atom is 0.226 e. The standard InChI is InChI=1S/C12H20N6O/c1-3-5-13-12-17-10-9(14-7-15-10)11(18-12)16-8(4-2)6-19/h7-8,19H,3-6H2,1-2H3,(H3,13,14,15,16,17,18). The minimum absolute atomic E-state index is 0.0274. The van der Waals surface area contributed by atoms with Crippen LogP contribution >= 0.6 is 0 Å². The molecular formula is C12H20N6O. The molecule has 2 aromatic heterocycles. The van der Waals surface area contributed by atoms with Gasteiger partial charge in [0.2, 0.25) is 5.95 Å². The van der Waals surface area contributed by atoms with Crippen molar-refractivity contribution in [3.8, 4) is 0 Å². The molecule has 4 N–H and O–H groups in total. The first-order valence-electron chi connectivity index (χ1n) is 6.60. The lowest BCUT2D eigenvalue weighted by Crippen LogP contribution is -2.23. The van der Waals surface area contributed by atoms with Crippen LogP contribution in [0.5, 0.6) is 0 Å². The van der Waals surface area contributed by atoms with Crippen molar-refractivity contribution in [2.75, 3.05) is 23.8 Å². The van der Waals surface area contributed by atoms with Crippen molar-refractivity contribution in [2.24, 2.45) is 0 Å². The minimum atomic E-state index is -0.0274. The zero-order valence-electron chi connectivity index (χ0n) is 11.3. The Kier molecular flexibility index (Phi) is 4.51. The van der Waals surface area contributed by atoms with Gasteiger partial charge in [0.05, 0.1) is 19.0 Å². The van der Waals surface area contributed by atoms with Crippen LogP contribution in [0.2, 0.25) is 0 Å². The third-order valence-corrected chi connectivity index (χ3v) is 2.87. The quantitative estimate of drug-likeness (QED) is 0.602. The monoisotopic (exact) mass is 264 g/mol. The highest BCUT2D eigenvalue weighted by Crippen LogP contribution is 2.19. The fraction of sp³-hybridized carbons (Fsp3) is 0.583. The molecule has 2 aromatic rings. The first-order chi connectivity index (χ1) is 9.28. The maximum absolute atomic E-state index is 9.27. The molecule has 0 spiro atoms. The smallest absolute Gasteiger partial charge is 0.226 e. The normalized spacial score (nSPS) is 12.6. The van der Waals surface area contributed by atoms with Gasteiger partial charge in [0.1, 0.15) is 5.52 Å². The number of H-pyrrole nitrogens is 1. The molecule has 104 valence electrons. The number of aromatic nitrogens is 4. The molecule has 0 aliphatic heterocycles. The predicted octanol–water partition coefficient (Wildman–Crippen LogP) is 1.36. The first-order valence-corrected chi connectivity index (χ1v) is 6.60. The van der Waals surface area contributed by atoms with E-state index >= 15 is 0 Å². The average Bonchev–Trinajstić information content (AvgIpc) is 2.90. The van der Waals surface area contributed by atoms with Gasteiger partial charge in [-0.3, -0.25) is 0 Å². The van der Waals surface area contributed by atoms with Gasteiger partial charge in [-0.2, -0.15) is 9.97 Å². The van der Waals surface area contributed by atoms with E-state index in [4.69, 9.17) is 0 Å². The minimum Gasteiger partial charge on any atom is -0.394 e. The Morgan fingerprint density at radius 2 is 2.21 bits per heavy atom. The highest BCUT2D eigenvalue weighted by molar-refractivity contribution is 5.83. The van der Waals surface area contributed by atoms with Gasteiger partial charge in [0.15, 0.2) is 11.5 Å². The summed E-state index contributed by atoms with van der Waals surface area (Å²) in [6.45, 7) is 4.97. The number of aliphatic hydroxyl groups is 1. The molecule has 0 aliphatic carbocycles. The highest BCUT2D eigenvalue weighted by Gasteiger charge is 2.12. The summed E-state index contributed by atoms with van der Waals surface area (Å²) in [7, 11) is 0. The van der Waals surface area contributed by atoms with Crippen molar-refractivity contribution in [3.63, 3.8) is 0 Å². The molecule has 7 heteroatoms. The van der Waals surface area contributed by atoms with Gasteiger partial charge in [0.25, 0.3) is 0 Å². The molecule has 0 aliphatic rings. The van der Waals surface area contributed by atoms with Gasteiger partial charge in [-0.15, -0.1) is 0 Å². The Bertz CT molecular complexity index is 522. The van der Waals surface area contributed by atoms with Crippen LogP contribution in [0.25, 0.3) is 11.2 Å². The van der Waals surface area contributed by atoms with Crippen molar-refractivity contribution in [3.05, 3.63) is 6.33 Å². The van der Waals surface area contributed by atoms with Crippen molar-refractivity contribution >= 4 is 22.9 Å². The number of anilines is 2. The lowest BCUT2D eigenvalue weighted by atomic mass is 10.2. The average molecular weight is 264 g/mol. The van der Waals surface area contributed by atoms with Gasteiger partial charge in [0, 0.05) is 6.54 Å². The largest absolute Gasteiger partial charge is 0.394 e. The van der Waals surface area contributed by atoms with Crippen molar-refractivity contribution in [2.45, 2.75) is 32.7 Å². The van der Waals surface area contributed by atoms with E-state index in [9.17, 15) is 5.11 Å². The SMILES string of the molecule is CCCNc1nc(NC(CC)CO)c2[nH]cnc2n1. The van der Waals surface area contributed by atoms with Crippen LogP contribution in [-0.2, 0) is 0 Å². The van der Waals surface area contributed by atoms with Crippen LogP contribution in [0.15, 0.2) is 6.33 Å². The second-order valence-corrected chi connectivity index (χ2v) is 4.36. The number of rotatable bonds is 7. The summed E-state index contributed by atoms with van der Waals surface area (Å²) >= 11 is 0. The van der Waals surface area contributed by atoms with Crippen LogP contribution in [0.3, 0.4) is 0 Å². The second-order valence-electron chi connectivity index (χ2n) is 4.36. The van der Waals surface area contributed by atoms with Gasteiger partial charge in [-0.05, 0) is 12.8 Å². The van der Waals surface area contributed by atoms with E-state index < -0.39 is 0 Å². The van der Waals surface area contributed by atoms with Crippen LogP contribution in [-0.4, -0.2) is 44.2 Å². The summed E-state index contributed by atoms with van der Waals surface area (Å²) in [6, 6.07) is -0.0274. The molecule has 0 fully saturated rings. The van der Waals surface area contributed by atoms with Crippen molar-refractivity contribution in [1.29, 1.82) is 0 Å². The molecule has 19 heavy (non-hydrogen) atoms. The van der Waals surface area contributed by atoms with E-state index in [1.54, 1.807) is 6.33 Å². The van der Waals surface area contributed by atoms with Crippen LogP contribution in [0.1, 0.15) is 26.7 Å². The lowest BCUT2D eigenvalue weighted by Gasteiger charge is -2.15. The number of aromatic amines is 1. The molecule has 1 atom stereocenters. The molecule has 2 rings (SSSR count). The summed E-state index contributed by atoms with van der Waals surface area (Å²) in [5, 5.41) is 15.6. The van der Waals surface area contributed by atoms with E-state index in [1.807, 2.05) is 6.92 Å². The maximum atomic E-state index is 9.27. The van der Waals surface area contributed by atoms with E-state index in [-0.39, 0.29) is 12.6 Å². The molecule has 0 amide bonds. The van der Waals surface area contributed by atoms with Crippen LogP contribution in [0, 0.1) is 0 Å². The summed E-state index contributed by atoms with van der Waals surface area (Å²) in [5.41, 5.74) is 1.37. The fourth-order valence-electron chi connectivity index (χ4n) is 1.72. The molecule has 0 radical (unpaired) electrons. The number of aliphatic hydroxyl groups excluding tert-OH is 1. The Labute approximate surface area is 111 Å². The van der Waals surface area contributed by atoms with Gasteiger partial charge in [-0.1, -0.05) is 13.8 Å². The molecule has 7 nitrogen and oxygen atoms in total. The van der Waals surface area contributed by atoms with Gasteiger partial charge in [-0.25, -0.2) is 4.98 Å². The number of fused-ring (bicyclic) bond motifs is 1. The third-order valence-electron chi connectivity index (χ3n) is 2.87. The number of hydrogen-bond acceptors (Lipinski definition) is 6. The zero-order chi connectivity index (χ0) is 13.7. The molecule has 0 saturated heterocycles. The number of imidazole rings is 1. The molecule has 0 aromatic carbocycles. The zero-order valence-corrected chi connectivity index (χ0v) is 11.3. The Balaban J connectivity index is 2.30. The predicted molar refractivity (Wildman–Crippen MR) is 75.3 cm³/mol. The van der Waals surface area contributed by atoms with Gasteiger partial charge >= 0.3 is 0 Å². The topological polar surface area (TPSA) is 98.8 Å². The van der Waals surface area contributed by atoms with Crippen LogP contribution in [0.4, 0.5) is 11.8 Å². The van der Waals surface area contributed by atoms with E-state index in [2.05, 4.69) is 37.5 Å². The number of nitrogens with one attached hydrogen (secondary N) is 3. The second kappa shape index (κ2) is 6.33. The highest BCUT2D eigenvalue weighted by atomic mass is 16.3. The summed E-state index contributed by atoms with van der Waals surface area (Å²) in [6.07, 6.45) is 3.40. The van der Waals surface area contributed by atoms with Crippen molar-refractivity contribution < 1.29 is 5.11 Å². The summed E-state index contributed by atoms with van der Waals surface area (Å²) in [4.78, 5) is 15.9. The van der Waals surface area contributed by atoms with E-state index in [0.29, 0.717) is 17.4 Å². The number of hydrogen-bond donors (Lipinski definition) is 4. The van der Waals surface area contributed by atoms with Crippen molar-refractivity contribution in [1.82, 2.24) is 19.9 Å². The number of nitrogens with zero attached hydrogens (tertiary/aromatic N) is 3.